The second-order valence-electron chi connectivity index (χ2n) is 9.44. The first-order valence-electron chi connectivity index (χ1n) is 12.0. The van der Waals surface area contributed by atoms with Crippen LogP contribution in [0.2, 0.25) is 0 Å². The summed E-state index contributed by atoms with van der Waals surface area (Å²) in [6, 6.07) is 19.7. The number of fused-ring (bicyclic) bond motifs is 1. The van der Waals surface area contributed by atoms with Crippen molar-refractivity contribution in [2.45, 2.75) is 44.2 Å². The van der Waals surface area contributed by atoms with Crippen LogP contribution >= 0.6 is 0 Å². The van der Waals surface area contributed by atoms with E-state index in [1.54, 1.807) is 6.20 Å². The Kier molecular flexibility index (Phi) is 6.21. The summed E-state index contributed by atoms with van der Waals surface area (Å²) in [7, 11) is 0. The van der Waals surface area contributed by atoms with Gasteiger partial charge in [0, 0.05) is 25.1 Å². The SMILES string of the molecule is CC(CC(=O)N1CCC(O)(Cn2cnc3c(-c4ccccc4)cnn3c2=O)CC1)c1ccccc1. The van der Waals surface area contributed by atoms with Crippen LogP contribution in [0.3, 0.4) is 0 Å². The first-order valence-corrected chi connectivity index (χ1v) is 12.0. The van der Waals surface area contributed by atoms with E-state index in [2.05, 4.69) is 17.0 Å². The van der Waals surface area contributed by atoms with E-state index in [0.29, 0.717) is 38.0 Å². The molecule has 2 aromatic heterocycles. The molecule has 8 heteroatoms. The van der Waals surface area contributed by atoms with E-state index in [1.807, 2.05) is 65.6 Å². The Morgan fingerprint density at radius 1 is 1.06 bits per heavy atom. The third-order valence-electron chi connectivity index (χ3n) is 6.94. The summed E-state index contributed by atoms with van der Waals surface area (Å²) in [5, 5.41) is 15.5. The fraction of sp³-hybridized carbons (Fsp3) is 0.333. The van der Waals surface area contributed by atoms with E-state index < -0.39 is 5.60 Å². The van der Waals surface area contributed by atoms with Crippen molar-refractivity contribution >= 4 is 11.6 Å². The van der Waals surface area contributed by atoms with Crippen molar-refractivity contribution in [3.05, 3.63) is 89.2 Å². The summed E-state index contributed by atoms with van der Waals surface area (Å²) in [6.07, 6.45) is 4.35. The molecular weight excluding hydrogens is 442 g/mol. The monoisotopic (exact) mass is 471 g/mol. The van der Waals surface area contributed by atoms with Gasteiger partial charge in [0.05, 0.1) is 18.3 Å². The van der Waals surface area contributed by atoms with E-state index in [0.717, 1.165) is 16.7 Å². The molecular formula is C27H29N5O3. The molecule has 0 spiro atoms. The molecule has 180 valence electrons. The van der Waals surface area contributed by atoms with E-state index >= 15 is 0 Å². The number of aromatic nitrogens is 4. The fourth-order valence-electron chi connectivity index (χ4n) is 4.77. The molecule has 2 aromatic carbocycles. The maximum Gasteiger partial charge on any atom is 0.351 e. The number of rotatable bonds is 6. The summed E-state index contributed by atoms with van der Waals surface area (Å²) in [5.41, 5.74) is 1.91. The first kappa shape index (κ1) is 23.0. The maximum absolute atomic E-state index is 13.1. The van der Waals surface area contributed by atoms with Gasteiger partial charge in [-0.25, -0.2) is 9.78 Å². The third kappa shape index (κ3) is 4.74. The Morgan fingerprint density at radius 2 is 1.71 bits per heavy atom. The lowest BCUT2D eigenvalue weighted by Gasteiger charge is -2.38. The quantitative estimate of drug-likeness (QED) is 0.467. The zero-order valence-electron chi connectivity index (χ0n) is 19.7. The van der Waals surface area contributed by atoms with Crippen LogP contribution in [-0.4, -0.2) is 53.8 Å². The van der Waals surface area contributed by atoms with Gasteiger partial charge in [-0.05, 0) is 29.9 Å². The molecule has 8 nitrogen and oxygen atoms in total. The number of carbonyl (C=O) groups is 1. The topological polar surface area (TPSA) is 92.7 Å². The van der Waals surface area contributed by atoms with Crippen LogP contribution in [0.25, 0.3) is 16.8 Å². The van der Waals surface area contributed by atoms with Gasteiger partial charge in [-0.3, -0.25) is 9.36 Å². The Labute approximate surface area is 203 Å². The van der Waals surface area contributed by atoms with Crippen LogP contribution in [0.1, 0.15) is 37.7 Å². The van der Waals surface area contributed by atoms with E-state index in [4.69, 9.17) is 0 Å². The van der Waals surface area contributed by atoms with Gasteiger partial charge in [0.25, 0.3) is 0 Å². The van der Waals surface area contributed by atoms with Crippen molar-refractivity contribution in [2.24, 2.45) is 0 Å². The molecule has 0 saturated carbocycles. The molecule has 1 aliphatic rings. The molecule has 0 radical (unpaired) electrons. The summed E-state index contributed by atoms with van der Waals surface area (Å²) >= 11 is 0. The summed E-state index contributed by atoms with van der Waals surface area (Å²) in [4.78, 5) is 32.2. The van der Waals surface area contributed by atoms with Crippen molar-refractivity contribution in [1.82, 2.24) is 24.1 Å². The summed E-state index contributed by atoms with van der Waals surface area (Å²) in [5.74, 6) is 0.226. The number of nitrogens with zero attached hydrogens (tertiary/aromatic N) is 5. The van der Waals surface area contributed by atoms with Crippen molar-refractivity contribution in [1.29, 1.82) is 0 Å². The second kappa shape index (κ2) is 9.46. The van der Waals surface area contributed by atoms with Crippen LogP contribution in [0.4, 0.5) is 0 Å². The third-order valence-corrected chi connectivity index (χ3v) is 6.94. The van der Waals surface area contributed by atoms with E-state index in [1.165, 1.54) is 15.4 Å². The minimum atomic E-state index is -1.09. The van der Waals surface area contributed by atoms with E-state index in [9.17, 15) is 14.7 Å². The molecule has 0 aliphatic carbocycles. The highest BCUT2D eigenvalue weighted by atomic mass is 16.3. The Bertz CT molecular complexity index is 1370. The van der Waals surface area contributed by atoms with Gasteiger partial charge in [0.2, 0.25) is 5.91 Å². The predicted octanol–water partition coefficient (Wildman–Crippen LogP) is 3.11. The van der Waals surface area contributed by atoms with Crippen LogP contribution < -0.4 is 5.69 Å². The Morgan fingerprint density at radius 3 is 2.40 bits per heavy atom. The van der Waals surface area contributed by atoms with Gasteiger partial charge in [0.1, 0.15) is 6.33 Å². The highest BCUT2D eigenvalue weighted by molar-refractivity contribution is 5.77. The van der Waals surface area contributed by atoms with Crippen LogP contribution in [0, 0.1) is 0 Å². The standard InChI is InChI=1S/C27H29N5O3/c1-20(21-8-4-2-5-9-21)16-24(33)30-14-12-27(35,13-15-30)18-31-19-28-25-23(17-29-32(25)26(31)34)22-10-6-3-7-11-22/h2-11,17,19-20,35H,12-16,18H2,1H3. The van der Waals surface area contributed by atoms with Crippen molar-refractivity contribution in [2.75, 3.05) is 13.1 Å². The normalized spacial score (nSPS) is 16.3. The largest absolute Gasteiger partial charge is 0.388 e. The molecule has 1 N–H and O–H groups in total. The fourth-order valence-corrected chi connectivity index (χ4v) is 4.77. The zero-order chi connectivity index (χ0) is 24.4. The number of likely N-dealkylation sites (tertiary alicyclic amines) is 1. The number of benzene rings is 2. The Balaban J connectivity index is 1.25. The number of hydrogen-bond acceptors (Lipinski definition) is 5. The molecule has 1 fully saturated rings. The average molecular weight is 472 g/mol. The van der Waals surface area contributed by atoms with Crippen molar-refractivity contribution in [3.63, 3.8) is 0 Å². The van der Waals surface area contributed by atoms with Crippen molar-refractivity contribution in [3.8, 4) is 11.1 Å². The molecule has 1 aliphatic heterocycles. The van der Waals surface area contributed by atoms with Gasteiger partial charge >= 0.3 is 5.69 Å². The van der Waals surface area contributed by atoms with Crippen LogP contribution in [0.15, 0.2) is 78.0 Å². The smallest absolute Gasteiger partial charge is 0.351 e. The number of amides is 1. The van der Waals surface area contributed by atoms with Crippen LogP contribution in [-0.2, 0) is 11.3 Å². The molecule has 1 atom stereocenters. The summed E-state index contributed by atoms with van der Waals surface area (Å²) < 4.78 is 2.68. The van der Waals surface area contributed by atoms with Crippen molar-refractivity contribution < 1.29 is 9.90 Å². The second-order valence-corrected chi connectivity index (χ2v) is 9.44. The first-order chi connectivity index (χ1) is 16.9. The van der Waals surface area contributed by atoms with Gasteiger partial charge < -0.3 is 10.0 Å². The van der Waals surface area contributed by atoms with Gasteiger partial charge in [0.15, 0.2) is 5.65 Å². The molecule has 5 rings (SSSR count). The highest BCUT2D eigenvalue weighted by Crippen LogP contribution is 2.27. The molecule has 35 heavy (non-hydrogen) atoms. The number of carbonyl (C=O) groups excluding carboxylic acids is 1. The summed E-state index contributed by atoms with van der Waals surface area (Å²) in [6.45, 7) is 3.09. The molecule has 3 heterocycles. The van der Waals surface area contributed by atoms with Gasteiger partial charge in [-0.1, -0.05) is 67.6 Å². The molecule has 0 bridgehead atoms. The average Bonchev–Trinajstić information content (AvgIpc) is 3.32. The lowest BCUT2D eigenvalue weighted by atomic mass is 9.90. The lowest BCUT2D eigenvalue weighted by Crippen LogP contribution is -2.50. The minimum absolute atomic E-state index is 0.0913. The highest BCUT2D eigenvalue weighted by Gasteiger charge is 2.35. The number of piperidine rings is 1. The molecule has 1 saturated heterocycles. The lowest BCUT2D eigenvalue weighted by molar-refractivity contribution is -0.136. The van der Waals surface area contributed by atoms with Crippen LogP contribution in [0.5, 0.6) is 0 Å². The predicted molar refractivity (Wildman–Crippen MR) is 133 cm³/mol. The number of aliphatic hydroxyl groups is 1. The molecule has 1 amide bonds. The number of hydrogen-bond donors (Lipinski definition) is 1. The van der Waals surface area contributed by atoms with Gasteiger partial charge in [-0.15, -0.1) is 0 Å². The molecule has 1 unspecified atom stereocenters. The minimum Gasteiger partial charge on any atom is -0.388 e. The molecule has 4 aromatic rings. The van der Waals surface area contributed by atoms with Gasteiger partial charge in [-0.2, -0.15) is 9.61 Å². The van der Waals surface area contributed by atoms with E-state index in [-0.39, 0.29) is 24.1 Å². The maximum atomic E-state index is 13.1. The Hall–Kier alpha value is -3.78. The zero-order valence-corrected chi connectivity index (χ0v) is 19.7.